The van der Waals surface area contributed by atoms with Crippen LogP contribution in [0.5, 0.6) is 0 Å². The Morgan fingerprint density at radius 1 is 1.35 bits per heavy atom. The molecule has 0 saturated heterocycles. The standard InChI is InChI=1S/C13H15ClN4OS/c14-11-1-3-12(4-2-11)20-8-6-16-13(19)5-7-18-10-15-9-17-18/h1-4,9-10H,5-8H2,(H,16,19). The Hall–Kier alpha value is -1.53. The third kappa shape index (κ3) is 5.22. The van der Waals surface area contributed by atoms with Crippen molar-refractivity contribution in [3.8, 4) is 0 Å². The Morgan fingerprint density at radius 3 is 2.85 bits per heavy atom. The lowest BCUT2D eigenvalue weighted by molar-refractivity contribution is -0.121. The maximum absolute atomic E-state index is 11.6. The largest absolute Gasteiger partial charge is 0.355 e. The SMILES string of the molecule is O=C(CCn1cncn1)NCCSc1ccc(Cl)cc1. The lowest BCUT2D eigenvalue weighted by atomic mass is 10.4. The summed E-state index contributed by atoms with van der Waals surface area (Å²) >= 11 is 7.50. The van der Waals surface area contributed by atoms with Gasteiger partial charge in [-0.1, -0.05) is 11.6 Å². The molecule has 106 valence electrons. The molecule has 0 unspecified atom stereocenters. The molecule has 0 atom stereocenters. The van der Waals surface area contributed by atoms with Gasteiger partial charge in [-0.15, -0.1) is 11.8 Å². The zero-order valence-corrected chi connectivity index (χ0v) is 12.4. The van der Waals surface area contributed by atoms with Crippen LogP contribution in [0.15, 0.2) is 41.8 Å². The number of rotatable bonds is 7. The van der Waals surface area contributed by atoms with Crippen molar-refractivity contribution < 1.29 is 4.79 Å². The summed E-state index contributed by atoms with van der Waals surface area (Å²) in [5.41, 5.74) is 0. The molecule has 0 radical (unpaired) electrons. The van der Waals surface area contributed by atoms with Crippen molar-refractivity contribution in [1.29, 1.82) is 0 Å². The number of nitrogens with one attached hydrogen (secondary N) is 1. The van der Waals surface area contributed by atoms with Crippen LogP contribution in [-0.2, 0) is 11.3 Å². The summed E-state index contributed by atoms with van der Waals surface area (Å²) in [6.07, 6.45) is 3.47. The zero-order chi connectivity index (χ0) is 14.2. The average Bonchev–Trinajstić information content (AvgIpc) is 2.96. The number of aryl methyl sites for hydroxylation is 1. The number of halogens is 1. The molecule has 0 aliphatic carbocycles. The molecule has 0 fully saturated rings. The number of benzene rings is 1. The molecule has 1 aromatic carbocycles. The van der Waals surface area contributed by atoms with Gasteiger partial charge in [0.2, 0.25) is 5.91 Å². The van der Waals surface area contributed by atoms with Crippen LogP contribution in [0.3, 0.4) is 0 Å². The third-order valence-corrected chi connectivity index (χ3v) is 3.81. The lowest BCUT2D eigenvalue weighted by Gasteiger charge is -2.05. The Morgan fingerprint density at radius 2 is 2.15 bits per heavy atom. The van der Waals surface area contributed by atoms with Crippen molar-refractivity contribution in [3.63, 3.8) is 0 Å². The van der Waals surface area contributed by atoms with Crippen LogP contribution in [0.2, 0.25) is 5.02 Å². The van der Waals surface area contributed by atoms with Crippen LogP contribution in [0, 0.1) is 0 Å². The second-order valence-corrected chi connectivity index (χ2v) is 5.67. The minimum atomic E-state index is 0.0252. The van der Waals surface area contributed by atoms with E-state index in [0.29, 0.717) is 19.5 Å². The molecule has 7 heteroatoms. The van der Waals surface area contributed by atoms with E-state index >= 15 is 0 Å². The van der Waals surface area contributed by atoms with Crippen molar-refractivity contribution >= 4 is 29.3 Å². The highest BCUT2D eigenvalue weighted by Crippen LogP contribution is 2.19. The van der Waals surface area contributed by atoms with E-state index in [1.54, 1.807) is 22.8 Å². The number of nitrogens with zero attached hydrogens (tertiary/aromatic N) is 3. The number of carbonyl (C=O) groups is 1. The van der Waals surface area contributed by atoms with Gasteiger partial charge in [-0.2, -0.15) is 5.10 Å². The van der Waals surface area contributed by atoms with E-state index in [9.17, 15) is 4.79 Å². The zero-order valence-electron chi connectivity index (χ0n) is 10.8. The van der Waals surface area contributed by atoms with E-state index in [1.165, 1.54) is 6.33 Å². The first kappa shape index (κ1) is 14.9. The van der Waals surface area contributed by atoms with Gasteiger partial charge in [0.05, 0.1) is 6.54 Å². The first-order valence-electron chi connectivity index (χ1n) is 6.21. The number of aromatic nitrogens is 3. The second-order valence-electron chi connectivity index (χ2n) is 4.06. The first-order valence-corrected chi connectivity index (χ1v) is 7.58. The smallest absolute Gasteiger partial charge is 0.221 e. The molecule has 0 aliphatic rings. The maximum atomic E-state index is 11.6. The van der Waals surface area contributed by atoms with Crippen molar-refractivity contribution in [3.05, 3.63) is 41.9 Å². The molecule has 20 heavy (non-hydrogen) atoms. The van der Waals surface area contributed by atoms with Gasteiger partial charge in [-0.3, -0.25) is 9.48 Å². The molecule has 1 heterocycles. The third-order valence-electron chi connectivity index (χ3n) is 2.54. The molecule has 0 bridgehead atoms. The van der Waals surface area contributed by atoms with Crippen LogP contribution < -0.4 is 5.32 Å². The summed E-state index contributed by atoms with van der Waals surface area (Å²) < 4.78 is 1.64. The number of amides is 1. The van der Waals surface area contributed by atoms with E-state index in [2.05, 4.69) is 15.4 Å². The van der Waals surface area contributed by atoms with Crippen molar-refractivity contribution in [1.82, 2.24) is 20.1 Å². The van der Waals surface area contributed by atoms with E-state index in [0.717, 1.165) is 15.7 Å². The van der Waals surface area contributed by atoms with Gasteiger partial charge < -0.3 is 5.32 Å². The molecule has 2 aromatic rings. The summed E-state index contributed by atoms with van der Waals surface area (Å²) in [6.45, 7) is 1.19. The quantitative estimate of drug-likeness (QED) is 0.629. The predicted molar refractivity (Wildman–Crippen MR) is 79.8 cm³/mol. The Bertz CT molecular complexity index is 530. The fourth-order valence-electron chi connectivity index (χ4n) is 1.54. The van der Waals surface area contributed by atoms with Gasteiger partial charge >= 0.3 is 0 Å². The molecule has 1 N–H and O–H groups in total. The van der Waals surface area contributed by atoms with E-state index in [4.69, 9.17) is 11.6 Å². The normalized spacial score (nSPS) is 10.4. The molecule has 0 spiro atoms. The van der Waals surface area contributed by atoms with Gasteiger partial charge in [0.15, 0.2) is 0 Å². The van der Waals surface area contributed by atoms with Gasteiger partial charge in [0, 0.05) is 28.6 Å². The predicted octanol–water partition coefficient (Wildman–Crippen LogP) is 2.23. The summed E-state index contributed by atoms with van der Waals surface area (Å²) in [7, 11) is 0. The van der Waals surface area contributed by atoms with Gasteiger partial charge in [0.25, 0.3) is 0 Å². The number of thioether (sulfide) groups is 1. The Balaban J connectivity index is 1.58. The van der Waals surface area contributed by atoms with Crippen LogP contribution in [-0.4, -0.2) is 33.0 Å². The van der Waals surface area contributed by atoms with Crippen LogP contribution in [0.4, 0.5) is 0 Å². The topological polar surface area (TPSA) is 59.8 Å². The van der Waals surface area contributed by atoms with E-state index < -0.39 is 0 Å². The second kappa shape index (κ2) is 7.91. The fraction of sp³-hybridized carbons (Fsp3) is 0.308. The van der Waals surface area contributed by atoms with E-state index in [1.807, 2.05) is 24.3 Å². The fourth-order valence-corrected chi connectivity index (χ4v) is 2.44. The van der Waals surface area contributed by atoms with Crippen LogP contribution in [0.25, 0.3) is 0 Å². The van der Waals surface area contributed by atoms with Crippen molar-refractivity contribution in [2.75, 3.05) is 12.3 Å². The maximum Gasteiger partial charge on any atom is 0.221 e. The monoisotopic (exact) mass is 310 g/mol. The summed E-state index contributed by atoms with van der Waals surface area (Å²) in [4.78, 5) is 16.6. The highest BCUT2D eigenvalue weighted by Gasteiger charge is 2.02. The Kier molecular flexibility index (Phi) is 5.88. The summed E-state index contributed by atoms with van der Waals surface area (Å²) in [6, 6.07) is 7.67. The molecular formula is C13H15ClN4OS. The number of carbonyl (C=O) groups excluding carboxylic acids is 1. The molecule has 2 rings (SSSR count). The Labute approximate surface area is 126 Å². The minimum absolute atomic E-state index is 0.0252. The van der Waals surface area contributed by atoms with Gasteiger partial charge in [0.1, 0.15) is 12.7 Å². The molecule has 1 aromatic heterocycles. The molecule has 1 amide bonds. The number of hydrogen-bond acceptors (Lipinski definition) is 4. The minimum Gasteiger partial charge on any atom is -0.355 e. The molecule has 0 saturated carbocycles. The summed E-state index contributed by atoms with van der Waals surface area (Å²) in [5.74, 6) is 0.855. The van der Waals surface area contributed by atoms with Gasteiger partial charge in [-0.25, -0.2) is 4.98 Å². The van der Waals surface area contributed by atoms with Crippen LogP contribution >= 0.6 is 23.4 Å². The van der Waals surface area contributed by atoms with Gasteiger partial charge in [-0.05, 0) is 24.3 Å². The van der Waals surface area contributed by atoms with E-state index in [-0.39, 0.29) is 5.91 Å². The molecular weight excluding hydrogens is 296 g/mol. The highest BCUT2D eigenvalue weighted by atomic mass is 35.5. The first-order chi connectivity index (χ1) is 9.74. The van der Waals surface area contributed by atoms with Crippen molar-refractivity contribution in [2.45, 2.75) is 17.9 Å². The lowest BCUT2D eigenvalue weighted by Crippen LogP contribution is -2.26. The van der Waals surface area contributed by atoms with Crippen LogP contribution in [0.1, 0.15) is 6.42 Å². The number of hydrogen-bond donors (Lipinski definition) is 1. The highest BCUT2D eigenvalue weighted by molar-refractivity contribution is 7.99. The molecule has 0 aliphatic heterocycles. The average molecular weight is 311 g/mol. The molecule has 5 nitrogen and oxygen atoms in total. The van der Waals surface area contributed by atoms with Crippen molar-refractivity contribution in [2.24, 2.45) is 0 Å². The summed E-state index contributed by atoms with van der Waals surface area (Å²) in [5, 5.41) is 7.55.